The SMILES string of the molecule is O=C(Nc1ccc2[nH]c3c4c(=O)c5ccccc5c(=O)c4c4c(=O)c5ccccc5c(=O)c4c3c2c1NC(=O)c1ccccc1)c1ccccc1. The highest BCUT2D eigenvalue weighted by atomic mass is 16.2. The van der Waals surface area contributed by atoms with Gasteiger partial charge in [-0.3, -0.25) is 28.8 Å². The first-order valence-electron chi connectivity index (χ1n) is 16.1. The lowest BCUT2D eigenvalue weighted by Gasteiger charge is -2.15. The second-order valence-electron chi connectivity index (χ2n) is 12.3. The van der Waals surface area contributed by atoms with Crippen LogP contribution in [0.1, 0.15) is 20.7 Å². The molecule has 0 saturated carbocycles. The normalized spacial score (nSPS) is 11.6. The van der Waals surface area contributed by atoms with E-state index >= 15 is 0 Å². The molecule has 0 aliphatic rings. The highest BCUT2D eigenvalue weighted by Crippen LogP contribution is 2.42. The molecule has 1 aromatic heterocycles. The van der Waals surface area contributed by atoms with Crippen molar-refractivity contribution >= 4 is 88.1 Å². The Morgan fingerprint density at radius 1 is 0.412 bits per heavy atom. The van der Waals surface area contributed by atoms with Gasteiger partial charge < -0.3 is 15.6 Å². The smallest absolute Gasteiger partial charge is 0.255 e. The fourth-order valence-corrected chi connectivity index (χ4v) is 7.22. The summed E-state index contributed by atoms with van der Waals surface area (Å²) in [6.07, 6.45) is 0. The van der Waals surface area contributed by atoms with Crippen molar-refractivity contribution in [3.8, 4) is 0 Å². The predicted octanol–water partition coefficient (Wildman–Crippen LogP) is 6.75. The zero-order valence-electron chi connectivity index (χ0n) is 26.5. The number of amides is 2. The van der Waals surface area contributed by atoms with E-state index in [2.05, 4.69) is 15.6 Å². The minimum Gasteiger partial charge on any atom is -0.354 e. The molecule has 0 fully saturated rings. The van der Waals surface area contributed by atoms with Crippen molar-refractivity contribution in [1.29, 1.82) is 0 Å². The largest absolute Gasteiger partial charge is 0.354 e. The maximum absolute atomic E-state index is 14.6. The average Bonchev–Trinajstić information content (AvgIpc) is 3.56. The summed E-state index contributed by atoms with van der Waals surface area (Å²) in [7, 11) is 0. The van der Waals surface area contributed by atoms with Gasteiger partial charge in [-0.05, 0) is 36.4 Å². The molecule has 0 saturated heterocycles. The topological polar surface area (TPSA) is 142 Å². The van der Waals surface area contributed by atoms with Crippen LogP contribution in [0, 0.1) is 0 Å². The second kappa shape index (κ2) is 11.1. The van der Waals surface area contributed by atoms with Crippen LogP contribution in [-0.2, 0) is 0 Å². The molecular formula is C42H23N3O6. The summed E-state index contributed by atoms with van der Waals surface area (Å²) >= 11 is 0. The third-order valence-electron chi connectivity index (χ3n) is 9.51. The van der Waals surface area contributed by atoms with Gasteiger partial charge in [0.1, 0.15) is 0 Å². The number of aromatic amines is 1. The molecule has 9 nitrogen and oxygen atoms in total. The molecule has 0 unspecified atom stereocenters. The Balaban J connectivity index is 1.51. The highest BCUT2D eigenvalue weighted by Gasteiger charge is 2.27. The molecule has 0 atom stereocenters. The fourth-order valence-electron chi connectivity index (χ4n) is 7.22. The number of fused-ring (bicyclic) bond motifs is 10. The summed E-state index contributed by atoms with van der Waals surface area (Å²) in [4.78, 5) is 88.3. The quantitative estimate of drug-likeness (QED) is 0.140. The van der Waals surface area contributed by atoms with Crippen molar-refractivity contribution in [3.63, 3.8) is 0 Å². The van der Waals surface area contributed by atoms with E-state index in [9.17, 15) is 28.8 Å². The molecule has 0 aliphatic carbocycles. The zero-order valence-corrected chi connectivity index (χ0v) is 26.5. The highest BCUT2D eigenvalue weighted by molar-refractivity contribution is 6.36. The lowest BCUT2D eigenvalue weighted by Crippen LogP contribution is -2.20. The van der Waals surface area contributed by atoms with Crippen LogP contribution in [0.2, 0.25) is 0 Å². The monoisotopic (exact) mass is 665 g/mol. The summed E-state index contributed by atoms with van der Waals surface area (Å²) in [6.45, 7) is 0. The number of aromatic nitrogens is 1. The van der Waals surface area contributed by atoms with E-state index in [4.69, 9.17) is 0 Å². The summed E-state index contributed by atoms with van der Waals surface area (Å²) in [5.74, 6) is -0.964. The molecular weight excluding hydrogens is 642 g/mol. The maximum atomic E-state index is 14.6. The van der Waals surface area contributed by atoms with Crippen molar-refractivity contribution in [2.75, 3.05) is 10.6 Å². The van der Waals surface area contributed by atoms with E-state index in [0.29, 0.717) is 16.6 Å². The molecule has 9 heteroatoms. The zero-order chi connectivity index (χ0) is 35.0. The van der Waals surface area contributed by atoms with Crippen molar-refractivity contribution in [2.45, 2.75) is 0 Å². The van der Waals surface area contributed by atoms with Gasteiger partial charge in [0.15, 0.2) is 21.7 Å². The van der Waals surface area contributed by atoms with Crippen LogP contribution in [-0.4, -0.2) is 16.8 Å². The third kappa shape index (κ3) is 4.35. The maximum Gasteiger partial charge on any atom is 0.255 e. The standard InChI is InChI=1S/C42H23N3O6/c46-37-23-15-7-8-16-24(23)38(47)32-31(37)30-29-27(43-36(30)34-33(32)39(48)25-17-9-10-18-26(25)40(34)49)19-20-28(44-41(50)21-11-3-1-4-12-21)35(29)45-42(51)22-13-5-2-6-14-22/h1-20,43H,(H,44,50)(H,45,51). The Bertz CT molecular complexity index is 3200. The van der Waals surface area contributed by atoms with Gasteiger partial charge in [-0.1, -0.05) is 84.9 Å². The van der Waals surface area contributed by atoms with Gasteiger partial charge in [0.25, 0.3) is 11.8 Å². The first kappa shape index (κ1) is 29.8. The number of nitrogens with one attached hydrogen (secondary N) is 3. The number of carbonyl (C=O) groups is 2. The number of hydrogen-bond acceptors (Lipinski definition) is 6. The van der Waals surface area contributed by atoms with Crippen LogP contribution in [0.5, 0.6) is 0 Å². The summed E-state index contributed by atoms with van der Waals surface area (Å²) in [6, 6.07) is 33.0. The Morgan fingerprint density at radius 3 is 1.33 bits per heavy atom. The third-order valence-corrected chi connectivity index (χ3v) is 9.51. The van der Waals surface area contributed by atoms with Gasteiger partial charge >= 0.3 is 0 Å². The molecule has 242 valence electrons. The molecule has 9 aromatic rings. The molecule has 3 N–H and O–H groups in total. The van der Waals surface area contributed by atoms with Gasteiger partial charge in [0.2, 0.25) is 0 Å². The number of carbonyl (C=O) groups excluding carboxylic acids is 2. The molecule has 0 spiro atoms. The number of benzene rings is 8. The molecule has 0 aliphatic heterocycles. The van der Waals surface area contributed by atoms with Crippen molar-refractivity contribution in [1.82, 2.24) is 4.98 Å². The van der Waals surface area contributed by atoms with E-state index in [1.807, 2.05) is 0 Å². The van der Waals surface area contributed by atoms with E-state index in [1.165, 1.54) is 12.1 Å². The lowest BCUT2D eigenvalue weighted by molar-refractivity contribution is 0.101. The summed E-state index contributed by atoms with van der Waals surface area (Å²) in [5.41, 5.74) is -0.562. The van der Waals surface area contributed by atoms with E-state index < -0.39 is 33.5 Å². The minimum absolute atomic E-state index is 0.0422. The predicted molar refractivity (Wildman–Crippen MR) is 202 cm³/mol. The Kier molecular flexibility index (Phi) is 6.52. The molecule has 0 radical (unpaired) electrons. The van der Waals surface area contributed by atoms with Gasteiger partial charge in [-0.15, -0.1) is 0 Å². The lowest BCUT2D eigenvalue weighted by atomic mass is 9.91. The van der Waals surface area contributed by atoms with Crippen molar-refractivity contribution in [3.05, 3.63) is 173 Å². The van der Waals surface area contributed by atoms with Crippen LogP contribution in [0.3, 0.4) is 0 Å². The minimum atomic E-state index is -0.573. The summed E-state index contributed by atoms with van der Waals surface area (Å²) < 4.78 is 0. The molecule has 0 bridgehead atoms. The molecule has 1 heterocycles. The Morgan fingerprint density at radius 2 is 0.824 bits per heavy atom. The first-order chi connectivity index (χ1) is 24.8. The Labute approximate surface area is 286 Å². The molecule has 9 rings (SSSR count). The van der Waals surface area contributed by atoms with Gasteiger partial charge in [0.05, 0.1) is 22.3 Å². The van der Waals surface area contributed by atoms with Crippen LogP contribution in [0.15, 0.2) is 141 Å². The molecule has 2 amide bonds. The van der Waals surface area contributed by atoms with Crippen LogP contribution < -0.4 is 32.3 Å². The van der Waals surface area contributed by atoms with Gasteiger partial charge in [0, 0.05) is 65.1 Å². The number of hydrogen-bond donors (Lipinski definition) is 3. The number of anilines is 2. The fraction of sp³-hybridized carbons (Fsp3) is 0. The van der Waals surface area contributed by atoms with E-state index in [1.54, 1.807) is 109 Å². The average molecular weight is 666 g/mol. The van der Waals surface area contributed by atoms with Crippen LogP contribution in [0.4, 0.5) is 11.4 Å². The second-order valence-corrected chi connectivity index (χ2v) is 12.3. The first-order valence-corrected chi connectivity index (χ1v) is 16.1. The van der Waals surface area contributed by atoms with E-state index in [0.717, 1.165) is 0 Å². The van der Waals surface area contributed by atoms with Crippen molar-refractivity contribution < 1.29 is 9.59 Å². The Hall–Kier alpha value is -7.26. The number of H-pyrrole nitrogens is 1. The van der Waals surface area contributed by atoms with Gasteiger partial charge in [-0.25, -0.2) is 0 Å². The van der Waals surface area contributed by atoms with Crippen molar-refractivity contribution in [2.24, 2.45) is 0 Å². The van der Waals surface area contributed by atoms with E-state index in [-0.39, 0.29) is 70.8 Å². The summed E-state index contributed by atoms with van der Waals surface area (Å²) in [5, 5.41) is 6.42. The van der Waals surface area contributed by atoms with Crippen LogP contribution >= 0.6 is 0 Å². The molecule has 51 heavy (non-hydrogen) atoms. The van der Waals surface area contributed by atoms with Crippen LogP contribution in [0.25, 0.3) is 64.9 Å². The van der Waals surface area contributed by atoms with Gasteiger partial charge in [-0.2, -0.15) is 0 Å². The number of rotatable bonds is 4. The molecule has 8 aromatic carbocycles.